The van der Waals surface area contributed by atoms with E-state index < -0.39 is 42.5 Å². The van der Waals surface area contributed by atoms with Gasteiger partial charge in [0.15, 0.2) is 5.75 Å². The van der Waals surface area contributed by atoms with Crippen molar-refractivity contribution in [3.63, 3.8) is 0 Å². The molecule has 6 unspecified atom stereocenters. The molecule has 0 spiro atoms. The Bertz CT molecular complexity index is 1070. The van der Waals surface area contributed by atoms with Crippen molar-refractivity contribution in [3.8, 4) is 17.2 Å². The predicted molar refractivity (Wildman–Crippen MR) is 181 cm³/mol. The minimum absolute atomic E-state index is 0.0125. The number of hydrogen-bond donors (Lipinski definition) is 6. The molecule has 6 atom stereocenters. The van der Waals surface area contributed by atoms with E-state index in [4.69, 9.17) is 15.2 Å². The van der Waals surface area contributed by atoms with Gasteiger partial charge in [0.05, 0.1) is 38.7 Å². The summed E-state index contributed by atoms with van der Waals surface area (Å²) in [5, 5.41) is 49.5. The molecule has 39 heavy (non-hydrogen) atoms. The maximum absolute atomic E-state index is 12.6. The Balaban J connectivity index is 1.91. The van der Waals surface area contributed by atoms with Crippen LogP contribution in [0.3, 0.4) is 0 Å². The van der Waals surface area contributed by atoms with Gasteiger partial charge in [-0.3, -0.25) is 4.79 Å². The Morgan fingerprint density at radius 2 is 1.31 bits per heavy atom. The van der Waals surface area contributed by atoms with Crippen molar-refractivity contribution in [3.05, 3.63) is 44.1 Å². The molecule has 218 valence electrons. The zero-order valence-corrected chi connectivity index (χ0v) is 30.0. The van der Waals surface area contributed by atoms with Crippen LogP contribution in [-0.2, 0) is 16.0 Å². The minimum atomic E-state index is -0.947. The molecule has 0 saturated heterocycles. The first kappa shape index (κ1) is 35.4. The molecule has 2 rings (SSSR count). The lowest BCUT2D eigenvalue weighted by Crippen LogP contribution is -2.37. The smallest absolute Gasteiger partial charge is 0.323 e. The van der Waals surface area contributed by atoms with E-state index in [0.717, 1.165) is 12.7 Å². The lowest BCUT2D eigenvalue weighted by atomic mass is 9.99. The van der Waals surface area contributed by atoms with Crippen LogP contribution in [0.1, 0.15) is 45.1 Å². The van der Waals surface area contributed by atoms with Crippen LogP contribution in [0.25, 0.3) is 0 Å². The van der Waals surface area contributed by atoms with Crippen LogP contribution in [0.5, 0.6) is 17.2 Å². The number of hydrogen-bond acceptors (Lipinski definition) is 9. The first-order chi connectivity index (χ1) is 18.2. The third kappa shape index (κ3) is 12.2. The zero-order valence-electron chi connectivity index (χ0n) is 21.4. The average Bonchev–Trinajstić information content (AvgIpc) is 2.78. The number of carbonyl (C=O) groups is 1. The molecule has 0 aliphatic heterocycles. The van der Waals surface area contributed by atoms with Gasteiger partial charge >= 0.3 is 5.97 Å². The molecule has 0 aliphatic carbocycles. The molecular weight excluding hydrogens is 962 g/mol. The van der Waals surface area contributed by atoms with Gasteiger partial charge in [-0.15, -0.1) is 0 Å². The third-order valence-corrected chi connectivity index (χ3v) is 8.90. The molecule has 0 saturated carbocycles. The monoisotopic (exact) mass is 995 g/mol. The number of aliphatic hydroxyl groups is 4. The maximum Gasteiger partial charge on any atom is 0.323 e. The topological polar surface area (TPSA) is 163 Å². The summed E-state index contributed by atoms with van der Waals surface area (Å²) in [4.78, 5) is 12.6. The molecule has 7 N–H and O–H groups in total. The van der Waals surface area contributed by atoms with Crippen molar-refractivity contribution in [1.82, 2.24) is 0 Å². The highest BCUT2D eigenvalue weighted by Crippen LogP contribution is 2.37. The average molecular weight is 995 g/mol. The number of halogens is 4. The van der Waals surface area contributed by atoms with Crippen LogP contribution in [0, 0.1) is 14.3 Å². The Hall–Kier alpha value is 0.230. The number of phenolic OH excluding ortho intramolecular Hbond substituents is 1. The Labute approximate surface area is 282 Å². The zero-order chi connectivity index (χ0) is 29.4. The van der Waals surface area contributed by atoms with Gasteiger partial charge in [0, 0.05) is 6.42 Å². The summed E-state index contributed by atoms with van der Waals surface area (Å²) in [6.45, 7) is 3.20. The highest BCUT2D eigenvalue weighted by atomic mass is 127. The van der Waals surface area contributed by atoms with Crippen molar-refractivity contribution in [2.45, 2.75) is 82.5 Å². The summed E-state index contributed by atoms with van der Waals surface area (Å²) in [5.74, 6) is 0.886. The summed E-state index contributed by atoms with van der Waals surface area (Å²) in [6, 6.07) is 6.38. The molecule has 0 aliphatic rings. The van der Waals surface area contributed by atoms with E-state index in [1.165, 1.54) is 0 Å². The Morgan fingerprint density at radius 1 is 0.821 bits per heavy atom. The number of esters is 1. The molecular formula is C26H33I4NO8. The van der Waals surface area contributed by atoms with Gasteiger partial charge in [0.1, 0.15) is 23.6 Å². The van der Waals surface area contributed by atoms with Crippen molar-refractivity contribution in [2.75, 3.05) is 0 Å². The lowest BCUT2D eigenvalue weighted by Gasteiger charge is -2.22. The van der Waals surface area contributed by atoms with Crippen molar-refractivity contribution in [2.24, 2.45) is 5.73 Å². The van der Waals surface area contributed by atoms with E-state index in [-0.39, 0.29) is 37.9 Å². The van der Waals surface area contributed by atoms with E-state index in [1.54, 1.807) is 26.0 Å². The second kappa shape index (κ2) is 16.8. The summed E-state index contributed by atoms with van der Waals surface area (Å²) >= 11 is 8.43. The number of ether oxygens (including phenoxy) is 2. The number of carbonyl (C=O) groups excluding carboxylic acids is 1. The highest BCUT2D eigenvalue weighted by molar-refractivity contribution is 14.1. The second-order valence-corrected chi connectivity index (χ2v) is 14.2. The van der Waals surface area contributed by atoms with E-state index in [2.05, 4.69) is 45.2 Å². The lowest BCUT2D eigenvalue weighted by molar-refractivity contribution is -0.151. The van der Waals surface area contributed by atoms with Gasteiger partial charge in [0.25, 0.3) is 0 Å². The number of nitrogens with two attached hydrogens (primary N) is 1. The quantitative estimate of drug-likeness (QED) is 0.119. The van der Waals surface area contributed by atoms with Crippen LogP contribution >= 0.6 is 90.4 Å². The van der Waals surface area contributed by atoms with Gasteiger partial charge in [0.2, 0.25) is 0 Å². The van der Waals surface area contributed by atoms with Gasteiger partial charge in [-0.05, 0) is 160 Å². The summed E-state index contributed by atoms with van der Waals surface area (Å²) in [7, 11) is 0. The SMILES string of the molecule is CC(O)CC(O)CC(O)CC(O)CC(C)OC(=O)C(N)Cc1cc(I)c(Oc2cc(I)c(O)c(I)c2)c(I)c1. The van der Waals surface area contributed by atoms with Crippen molar-refractivity contribution < 1.29 is 39.8 Å². The van der Waals surface area contributed by atoms with Crippen LogP contribution < -0.4 is 10.5 Å². The molecule has 0 amide bonds. The van der Waals surface area contributed by atoms with Crippen molar-refractivity contribution >= 4 is 96.3 Å². The summed E-state index contributed by atoms with van der Waals surface area (Å²) in [6.07, 6.45) is -3.51. The first-order valence-corrected chi connectivity index (χ1v) is 16.5. The maximum atomic E-state index is 12.6. The first-order valence-electron chi connectivity index (χ1n) is 12.2. The summed E-state index contributed by atoms with van der Waals surface area (Å²) < 4.78 is 14.6. The van der Waals surface area contributed by atoms with Gasteiger partial charge in [-0.2, -0.15) is 0 Å². The van der Waals surface area contributed by atoms with Crippen LogP contribution in [0.2, 0.25) is 0 Å². The predicted octanol–water partition coefficient (Wildman–Crippen LogP) is 4.43. The Kier molecular flexibility index (Phi) is 15.2. The molecule has 0 heterocycles. The van der Waals surface area contributed by atoms with Gasteiger partial charge < -0.3 is 40.7 Å². The van der Waals surface area contributed by atoms with Crippen molar-refractivity contribution in [1.29, 1.82) is 0 Å². The summed E-state index contributed by atoms with van der Waals surface area (Å²) in [5.41, 5.74) is 6.96. The van der Waals surface area contributed by atoms with Crippen LogP contribution in [-0.4, -0.2) is 68.1 Å². The minimum Gasteiger partial charge on any atom is -0.506 e. The van der Waals surface area contributed by atoms with E-state index in [0.29, 0.717) is 18.6 Å². The third-order valence-electron chi connectivity index (χ3n) is 5.65. The Morgan fingerprint density at radius 3 is 1.82 bits per heavy atom. The number of phenols is 1. The fourth-order valence-electron chi connectivity index (χ4n) is 3.91. The van der Waals surface area contributed by atoms with Crippen LogP contribution in [0.4, 0.5) is 0 Å². The fourth-order valence-corrected chi connectivity index (χ4v) is 7.74. The molecule has 2 aromatic rings. The van der Waals surface area contributed by atoms with E-state index in [1.807, 2.05) is 57.3 Å². The van der Waals surface area contributed by atoms with E-state index in [9.17, 15) is 30.3 Å². The molecule has 0 bridgehead atoms. The highest BCUT2D eigenvalue weighted by Gasteiger charge is 2.23. The molecule has 2 aromatic carbocycles. The molecule has 13 heteroatoms. The number of benzene rings is 2. The van der Waals surface area contributed by atoms with Gasteiger partial charge in [-0.25, -0.2) is 0 Å². The fraction of sp³-hybridized carbons (Fsp3) is 0.500. The standard InChI is InChI=1S/C26H33I4NO8/c1-12(32)3-15(33)8-17(35)9-16(34)4-13(2)38-26(37)23(31)7-14-5-21(29)25(22(30)6-14)39-18-10-19(27)24(36)20(28)11-18/h5-6,10-13,15-17,23,32-36H,3-4,7-9,31H2,1-2H3. The number of aromatic hydroxyl groups is 1. The largest absolute Gasteiger partial charge is 0.506 e. The molecule has 9 nitrogen and oxygen atoms in total. The van der Waals surface area contributed by atoms with Gasteiger partial charge in [-0.1, -0.05) is 0 Å². The second-order valence-electron chi connectivity index (χ2n) is 9.54. The van der Waals surface area contributed by atoms with Crippen LogP contribution in [0.15, 0.2) is 24.3 Å². The molecule has 0 aromatic heterocycles. The van der Waals surface area contributed by atoms with E-state index >= 15 is 0 Å². The molecule has 0 radical (unpaired) electrons. The molecule has 0 fully saturated rings. The number of aliphatic hydroxyl groups excluding tert-OH is 4. The normalized spacial score (nSPS) is 16.2. The number of rotatable bonds is 14.